The van der Waals surface area contributed by atoms with E-state index in [4.69, 9.17) is 10.8 Å². The number of aliphatic hydroxyl groups excluding tert-OH is 1. The summed E-state index contributed by atoms with van der Waals surface area (Å²) in [5.74, 6) is 1.56. The lowest BCUT2D eigenvalue weighted by molar-refractivity contribution is 0.269. The number of hydrogen-bond donors (Lipinski definition) is 2. The van der Waals surface area contributed by atoms with Crippen molar-refractivity contribution in [2.45, 2.75) is 44.9 Å². The fraction of sp³-hybridized carbons (Fsp3) is 1.00. The van der Waals surface area contributed by atoms with Crippen LogP contribution in [0.4, 0.5) is 0 Å². The summed E-state index contributed by atoms with van der Waals surface area (Å²) in [6.07, 6.45) is 2.42. The molecule has 2 unspecified atom stereocenters. The third-order valence-corrected chi connectivity index (χ3v) is 3.62. The number of thioether (sulfide) groups is 1. The molecule has 0 radical (unpaired) electrons. The quantitative estimate of drug-likeness (QED) is 0.624. The molecular formula is C10H23NOS. The van der Waals surface area contributed by atoms with Gasteiger partial charge in [0, 0.05) is 11.3 Å². The van der Waals surface area contributed by atoms with E-state index in [-0.39, 0.29) is 17.9 Å². The Morgan fingerprint density at radius 3 is 2.38 bits per heavy atom. The third kappa shape index (κ3) is 5.55. The van der Waals surface area contributed by atoms with Gasteiger partial charge in [0.15, 0.2) is 0 Å². The van der Waals surface area contributed by atoms with Crippen molar-refractivity contribution in [3.8, 4) is 0 Å². The minimum Gasteiger partial charge on any atom is -0.395 e. The van der Waals surface area contributed by atoms with Crippen LogP contribution >= 0.6 is 11.8 Å². The summed E-state index contributed by atoms with van der Waals surface area (Å²) in [5.41, 5.74) is 5.97. The highest BCUT2D eigenvalue weighted by molar-refractivity contribution is 7.99. The van der Waals surface area contributed by atoms with Gasteiger partial charge in [0.05, 0.1) is 6.61 Å². The van der Waals surface area contributed by atoms with E-state index in [2.05, 4.69) is 20.8 Å². The van der Waals surface area contributed by atoms with E-state index in [1.54, 1.807) is 0 Å². The Morgan fingerprint density at radius 2 is 2.00 bits per heavy atom. The number of unbranched alkanes of at least 4 members (excludes halogenated alkanes) is 1. The second-order valence-electron chi connectivity index (χ2n) is 3.77. The standard InChI is InChI=1S/C10H23NOS/c1-4-5-6-13-9(7-12)10(11)8(2)3/h8-10,12H,4-7,11H2,1-3H3. The van der Waals surface area contributed by atoms with Crippen LogP contribution in [0.2, 0.25) is 0 Å². The van der Waals surface area contributed by atoms with E-state index in [0.29, 0.717) is 5.92 Å². The van der Waals surface area contributed by atoms with Gasteiger partial charge in [-0.3, -0.25) is 0 Å². The smallest absolute Gasteiger partial charge is 0.0565 e. The van der Waals surface area contributed by atoms with Crippen LogP contribution in [0.1, 0.15) is 33.6 Å². The Hall–Kier alpha value is 0.270. The average molecular weight is 205 g/mol. The van der Waals surface area contributed by atoms with Gasteiger partial charge in [0.25, 0.3) is 0 Å². The zero-order valence-electron chi connectivity index (χ0n) is 8.99. The van der Waals surface area contributed by atoms with Crippen molar-refractivity contribution < 1.29 is 5.11 Å². The predicted octanol–water partition coefficient (Wildman–Crippen LogP) is 1.86. The largest absolute Gasteiger partial charge is 0.395 e. The molecule has 0 saturated carbocycles. The lowest BCUT2D eigenvalue weighted by Crippen LogP contribution is -2.39. The Morgan fingerprint density at radius 1 is 1.38 bits per heavy atom. The molecule has 0 spiro atoms. The Labute approximate surface area is 86.3 Å². The van der Waals surface area contributed by atoms with Crippen LogP contribution in [0, 0.1) is 5.92 Å². The zero-order valence-corrected chi connectivity index (χ0v) is 9.81. The third-order valence-electron chi connectivity index (χ3n) is 2.21. The molecule has 0 aliphatic carbocycles. The molecule has 0 aliphatic heterocycles. The van der Waals surface area contributed by atoms with E-state index < -0.39 is 0 Å². The average Bonchev–Trinajstić information content (AvgIpc) is 2.11. The van der Waals surface area contributed by atoms with E-state index in [1.165, 1.54) is 12.8 Å². The second-order valence-corrected chi connectivity index (χ2v) is 5.11. The van der Waals surface area contributed by atoms with Crippen molar-refractivity contribution in [3.63, 3.8) is 0 Å². The van der Waals surface area contributed by atoms with E-state index in [1.807, 2.05) is 11.8 Å². The van der Waals surface area contributed by atoms with E-state index >= 15 is 0 Å². The number of aliphatic hydroxyl groups is 1. The number of hydrogen-bond acceptors (Lipinski definition) is 3. The fourth-order valence-electron chi connectivity index (χ4n) is 1.09. The van der Waals surface area contributed by atoms with E-state index in [0.717, 1.165) is 5.75 Å². The summed E-state index contributed by atoms with van der Waals surface area (Å²) in [6.45, 7) is 6.59. The van der Waals surface area contributed by atoms with Gasteiger partial charge in [-0.1, -0.05) is 27.2 Å². The van der Waals surface area contributed by atoms with Crippen LogP contribution in [0.25, 0.3) is 0 Å². The maximum atomic E-state index is 9.14. The molecule has 0 aromatic rings. The Bertz CT molecular complexity index is 119. The van der Waals surface area contributed by atoms with Gasteiger partial charge in [-0.05, 0) is 18.1 Å². The monoisotopic (exact) mass is 205 g/mol. The van der Waals surface area contributed by atoms with Crippen LogP contribution in [0.3, 0.4) is 0 Å². The van der Waals surface area contributed by atoms with E-state index in [9.17, 15) is 0 Å². The predicted molar refractivity (Wildman–Crippen MR) is 61.1 cm³/mol. The van der Waals surface area contributed by atoms with Crippen molar-refractivity contribution in [2.24, 2.45) is 11.7 Å². The zero-order chi connectivity index (χ0) is 10.3. The first kappa shape index (κ1) is 13.3. The van der Waals surface area contributed by atoms with Crippen LogP contribution < -0.4 is 5.73 Å². The molecule has 0 rings (SSSR count). The van der Waals surface area contributed by atoms with Crippen LogP contribution in [0.5, 0.6) is 0 Å². The molecular weight excluding hydrogens is 182 g/mol. The Balaban J connectivity index is 3.73. The molecule has 0 aromatic heterocycles. The summed E-state index contributed by atoms with van der Waals surface area (Å²) in [4.78, 5) is 0. The van der Waals surface area contributed by atoms with Gasteiger partial charge < -0.3 is 10.8 Å². The first-order valence-electron chi connectivity index (χ1n) is 5.11. The lowest BCUT2D eigenvalue weighted by atomic mass is 10.0. The van der Waals surface area contributed by atoms with Gasteiger partial charge in [-0.2, -0.15) is 11.8 Å². The van der Waals surface area contributed by atoms with Crippen molar-refractivity contribution in [3.05, 3.63) is 0 Å². The van der Waals surface area contributed by atoms with Crippen molar-refractivity contribution in [2.75, 3.05) is 12.4 Å². The fourth-order valence-corrected chi connectivity index (χ4v) is 2.49. The summed E-state index contributed by atoms with van der Waals surface area (Å²) in [7, 11) is 0. The molecule has 3 heteroatoms. The normalized spacial score (nSPS) is 16.2. The molecule has 0 saturated heterocycles. The van der Waals surface area contributed by atoms with Crippen molar-refractivity contribution in [1.29, 1.82) is 0 Å². The maximum Gasteiger partial charge on any atom is 0.0565 e. The molecule has 0 heterocycles. The van der Waals surface area contributed by atoms with Crippen LogP contribution in [-0.4, -0.2) is 28.8 Å². The molecule has 0 bridgehead atoms. The topological polar surface area (TPSA) is 46.2 Å². The van der Waals surface area contributed by atoms with Crippen molar-refractivity contribution in [1.82, 2.24) is 0 Å². The minimum atomic E-state index is 0.117. The molecule has 0 aliphatic rings. The minimum absolute atomic E-state index is 0.117. The summed E-state index contributed by atoms with van der Waals surface area (Å²) < 4.78 is 0. The van der Waals surface area contributed by atoms with Gasteiger partial charge >= 0.3 is 0 Å². The highest BCUT2D eigenvalue weighted by Gasteiger charge is 2.19. The first-order chi connectivity index (χ1) is 6.13. The summed E-state index contributed by atoms with van der Waals surface area (Å²) in [6, 6.07) is 0.117. The Kier molecular flexibility index (Phi) is 7.81. The molecule has 2 atom stereocenters. The molecule has 3 N–H and O–H groups in total. The maximum absolute atomic E-state index is 9.14. The van der Waals surface area contributed by atoms with Gasteiger partial charge in [-0.25, -0.2) is 0 Å². The number of nitrogens with two attached hydrogens (primary N) is 1. The van der Waals surface area contributed by atoms with Gasteiger partial charge in [0.1, 0.15) is 0 Å². The first-order valence-corrected chi connectivity index (χ1v) is 6.16. The highest BCUT2D eigenvalue weighted by atomic mass is 32.2. The molecule has 13 heavy (non-hydrogen) atoms. The van der Waals surface area contributed by atoms with Crippen LogP contribution in [0.15, 0.2) is 0 Å². The molecule has 0 aromatic carbocycles. The van der Waals surface area contributed by atoms with Gasteiger partial charge in [-0.15, -0.1) is 0 Å². The second kappa shape index (κ2) is 7.65. The summed E-state index contributed by atoms with van der Waals surface area (Å²) >= 11 is 1.81. The lowest BCUT2D eigenvalue weighted by Gasteiger charge is -2.24. The molecule has 0 fully saturated rings. The van der Waals surface area contributed by atoms with Gasteiger partial charge in [0.2, 0.25) is 0 Å². The molecule has 2 nitrogen and oxygen atoms in total. The SMILES string of the molecule is CCCCSC(CO)C(N)C(C)C. The number of rotatable bonds is 7. The van der Waals surface area contributed by atoms with Crippen LogP contribution in [-0.2, 0) is 0 Å². The summed E-state index contributed by atoms with van der Waals surface area (Å²) in [5, 5.41) is 9.36. The van der Waals surface area contributed by atoms with Crippen molar-refractivity contribution >= 4 is 11.8 Å². The molecule has 80 valence electrons. The molecule has 0 amide bonds. The highest BCUT2D eigenvalue weighted by Crippen LogP contribution is 2.19.